The van der Waals surface area contributed by atoms with Gasteiger partial charge in [0.15, 0.2) is 0 Å². The van der Waals surface area contributed by atoms with Gasteiger partial charge < -0.3 is 10.2 Å². The number of nitrogens with zero attached hydrogens (tertiary/aromatic N) is 1. The Kier molecular flexibility index (Phi) is 6.10. The highest BCUT2D eigenvalue weighted by Gasteiger charge is 2.19. The molecule has 1 aromatic carbocycles. The molecule has 2 rings (SSSR count). The van der Waals surface area contributed by atoms with Crippen LogP contribution in [0.5, 0.6) is 0 Å². The van der Waals surface area contributed by atoms with Gasteiger partial charge in [0.05, 0.1) is 0 Å². The van der Waals surface area contributed by atoms with Crippen LogP contribution in [0.2, 0.25) is 0 Å². The molecule has 1 aliphatic rings. The maximum absolute atomic E-state index is 3.58. The molecule has 21 heavy (non-hydrogen) atoms. The zero-order chi connectivity index (χ0) is 15.2. The zero-order valence-corrected chi connectivity index (χ0v) is 14.3. The molecule has 0 radical (unpaired) electrons. The first kappa shape index (κ1) is 16.4. The minimum Gasteiger partial charge on any atom is -0.371 e. The molecule has 0 aliphatic carbocycles. The van der Waals surface area contributed by atoms with Gasteiger partial charge in [-0.15, -0.1) is 0 Å². The molecular weight excluding hydrogens is 256 g/mol. The second-order valence-corrected chi connectivity index (χ2v) is 6.84. The van der Waals surface area contributed by atoms with Gasteiger partial charge in [-0.05, 0) is 62.3 Å². The Morgan fingerprint density at radius 2 is 2.05 bits per heavy atom. The number of fused-ring (bicyclic) bond motifs is 1. The van der Waals surface area contributed by atoms with Crippen LogP contribution in [-0.2, 0) is 6.42 Å². The first-order valence-corrected chi connectivity index (χ1v) is 8.73. The third-order valence-electron chi connectivity index (χ3n) is 4.51. The van der Waals surface area contributed by atoms with Crippen molar-refractivity contribution in [2.24, 2.45) is 5.92 Å². The van der Waals surface area contributed by atoms with E-state index in [2.05, 4.69) is 56.1 Å². The Hall–Kier alpha value is -1.02. The number of anilines is 1. The average Bonchev–Trinajstić information content (AvgIpc) is 2.87. The molecule has 1 aromatic rings. The second kappa shape index (κ2) is 7.84. The molecule has 0 bridgehead atoms. The number of rotatable bonds is 8. The van der Waals surface area contributed by atoms with E-state index in [0.29, 0.717) is 6.04 Å². The zero-order valence-electron chi connectivity index (χ0n) is 14.3. The van der Waals surface area contributed by atoms with Gasteiger partial charge in [-0.25, -0.2) is 0 Å². The van der Waals surface area contributed by atoms with E-state index in [1.807, 2.05) is 0 Å². The maximum atomic E-state index is 3.58. The summed E-state index contributed by atoms with van der Waals surface area (Å²) in [6.45, 7) is 12.6. The van der Waals surface area contributed by atoms with Crippen molar-refractivity contribution in [2.75, 3.05) is 24.5 Å². The molecule has 0 saturated carbocycles. The predicted octanol–water partition coefficient (Wildman–Crippen LogP) is 4.55. The Morgan fingerprint density at radius 3 is 2.76 bits per heavy atom. The number of hydrogen-bond acceptors (Lipinski definition) is 2. The summed E-state index contributed by atoms with van der Waals surface area (Å²) in [7, 11) is 0. The fourth-order valence-corrected chi connectivity index (χ4v) is 3.16. The predicted molar refractivity (Wildman–Crippen MR) is 93.1 cm³/mol. The Balaban J connectivity index is 1.96. The number of nitrogens with one attached hydrogen (secondary N) is 1. The van der Waals surface area contributed by atoms with Crippen LogP contribution in [0.3, 0.4) is 0 Å². The summed E-state index contributed by atoms with van der Waals surface area (Å²) in [5.41, 5.74) is 4.46. The lowest BCUT2D eigenvalue weighted by Gasteiger charge is -2.21. The third kappa shape index (κ3) is 4.47. The fourth-order valence-electron chi connectivity index (χ4n) is 3.16. The SMILES string of the molecule is CCCNC(C)c1ccc2c(c1)CCN2CCCC(C)C. The highest BCUT2D eigenvalue weighted by molar-refractivity contribution is 5.59. The van der Waals surface area contributed by atoms with E-state index in [9.17, 15) is 0 Å². The van der Waals surface area contributed by atoms with E-state index < -0.39 is 0 Å². The minimum atomic E-state index is 0.463. The summed E-state index contributed by atoms with van der Waals surface area (Å²) in [6, 6.07) is 7.54. The highest BCUT2D eigenvalue weighted by atomic mass is 15.1. The largest absolute Gasteiger partial charge is 0.371 e. The van der Waals surface area contributed by atoms with Gasteiger partial charge in [0.1, 0.15) is 0 Å². The van der Waals surface area contributed by atoms with Crippen molar-refractivity contribution in [1.82, 2.24) is 5.32 Å². The monoisotopic (exact) mass is 288 g/mol. The first-order valence-electron chi connectivity index (χ1n) is 8.73. The van der Waals surface area contributed by atoms with Gasteiger partial charge in [-0.2, -0.15) is 0 Å². The third-order valence-corrected chi connectivity index (χ3v) is 4.51. The topological polar surface area (TPSA) is 15.3 Å². The lowest BCUT2D eigenvalue weighted by atomic mass is 10.0. The lowest BCUT2D eigenvalue weighted by Crippen LogP contribution is -2.22. The maximum Gasteiger partial charge on any atom is 0.0399 e. The summed E-state index contributed by atoms with van der Waals surface area (Å²) < 4.78 is 0. The van der Waals surface area contributed by atoms with Crippen LogP contribution in [-0.4, -0.2) is 19.6 Å². The van der Waals surface area contributed by atoms with Crippen molar-refractivity contribution in [3.8, 4) is 0 Å². The van der Waals surface area contributed by atoms with Gasteiger partial charge in [0.2, 0.25) is 0 Å². The smallest absolute Gasteiger partial charge is 0.0399 e. The fraction of sp³-hybridized carbons (Fsp3) is 0.684. The van der Waals surface area contributed by atoms with E-state index in [4.69, 9.17) is 0 Å². The summed E-state index contributed by atoms with van der Waals surface area (Å²) >= 11 is 0. The Labute approximate surface area is 130 Å². The molecule has 0 aromatic heterocycles. The Bertz CT molecular complexity index is 439. The molecular formula is C19H32N2. The van der Waals surface area contributed by atoms with Crippen molar-refractivity contribution in [2.45, 2.75) is 59.4 Å². The average molecular weight is 288 g/mol. The van der Waals surface area contributed by atoms with Gasteiger partial charge >= 0.3 is 0 Å². The summed E-state index contributed by atoms with van der Waals surface area (Å²) in [5, 5.41) is 3.58. The van der Waals surface area contributed by atoms with E-state index in [-0.39, 0.29) is 0 Å². The van der Waals surface area contributed by atoms with E-state index in [1.165, 1.54) is 50.0 Å². The van der Waals surface area contributed by atoms with Crippen LogP contribution in [0.4, 0.5) is 5.69 Å². The van der Waals surface area contributed by atoms with Crippen molar-refractivity contribution >= 4 is 5.69 Å². The summed E-state index contributed by atoms with van der Waals surface area (Å²) in [4.78, 5) is 2.58. The molecule has 1 unspecified atom stereocenters. The van der Waals surface area contributed by atoms with Crippen molar-refractivity contribution in [1.29, 1.82) is 0 Å². The molecule has 0 amide bonds. The molecule has 1 aliphatic heterocycles. The van der Waals surface area contributed by atoms with Gasteiger partial charge in [0.25, 0.3) is 0 Å². The van der Waals surface area contributed by atoms with Gasteiger partial charge in [0, 0.05) is 24.8 Å². The molecule has 2 heteroatoms. The van der Waals surface area contributed by atoms with Crippen LogP contribution in [0.25, 0.3) is 0 Å². The molecule has 0 fully saturated rings. The van der Waals surface area contributed by atoms with Gasteiger partial charge in [-0.1, -0.05) is 32.9 Å². The molecule has 1 atom stereocenters. The molecule has 2 nitrogen and oxygen atoms in total. The highest BCUT2D eigenvalue weighted by Crippen LogP contribution is 2.30. The van der Waals surface area contributed by atoms with Crippen molar-refractivity contribution < 1.29 is 0 Å². The second-order valence-electron chi connectivity index (χ2n) is 6.84. The summed E-state index contributed by atoms with van der Waals surface area (Å²) in [5.74, 6) is 0.819. The van der Waals surface area contributed by atoms with Crippen LogP contribution in [0.1, 0.15) is 64.1 Å². The molecule has 1 heterocycles. The van der Waals surface area contributed by atoms with E-state index in [1.54, 1.807) is 5.56 Å². The Morgan fingerprint density at radius 1 is 1.24 bits per heavy atom. The van der Waals surface area contributed by atoms with Crippen LogP contribution in [0.15, 0.2) is 18.2 Å². The number of benzene rings is 1. The molecule has 0 saturated heterocycles. The van der Waals surface area contributed by atoms with Crippen LogP contribution < -0.4 is 10.2 Å². The van der Waals surface area contributed by atoms with E-state index >= 15 is 0 Å². The van der Waals surface area contributed by atoms with Gasteiger partial charge in [-0.3, -0.25) is 0 Å². The van der Waals surface area contributed by atoms with Crippen molar-refractivity contribution in [3.05, 3.63) is 29.3 Å². The van der Waals surface area contributed by atoms with Crippen LogP contribution in [0, 0.1) is 5.92 Å². The van der Waals surface area contributed by atoms with E-state index in [0.717, 1.165) is 12.5 Å². The molecule has 0 spiro atoms. The van der Waals surface area contributed by atoms with Crippen molar-refractivity contribution in [3.63, 3.8) is 0 Å². The van der Waals surface area contributed by atoms with Crippen LogP contribution >= 0.6 is 0 Å². The lowest BCUT2D eigenvalue weighted by molar-refractivity contribution is 0.552. The summed E-state index contributed by atoms with van der Waals surface area (Å²) in [6.07, 6.45) is 5.06. The standard InChI is InChI=1S/C19H32N2/c1-5-11-20-16(4)17-8-9-19-18(14-17)10-13-21(19)12-6-7-15(2)3/h8-9,14-16,20H,5-7,10-13H2,1-4H3. The first-order chi connectivity index (χ1) is 10.1. The quantitative estimate of drug-likeness (QED) is 0.755. The molecule has 1 N–H and O–H groups in total. The number of hydrogen-bond donors (Lipinski definition) is 1. The normalized spacial score (nSPS) is 15.6. The minimum absolute atomic E-state index is 0.463. The molecule has 118 valence electrons.